The van der Waals surface area contributed by atoms with E-state index in [-0.39, 0.29) is 18.1 Å². The fourth-order valence-electron chi connectivity index (χ4n) is 1.63. The standard InChI is InChI=1S/C11H18N2O5/c12-11(16)13-17-9(14)7-5-3-1-2-4-6-8-10(15)18-13/h1-8H2,(H2,12,16). The van der Waals surface area contributed by atoms with Crippen LogP contribution in [0.25, 0.3) is 0 Å². The first-order chi connectivity index (χ1) is 8.59. The predicted molar refractivity (Wildman–Crippen MR) is 60.5 cm³/mol. The molecule has 0 saturated carbocycles. The zero-order chi connectivity index (χ0) is 13.4. The third-order valence-electron chi connectivity index (χ3n) is 2.56. The van der Waals surface area contributed by atoms with Gasteiger partial charge < -0.3 is 15.4 Å². The molecule has 7 heteroatoms. The Bertz CT molecular complexity index is 295. The molecule has 1 fully saturated rings. The second-order valence-electron chi connectivity index (χ2n) is 4.14. The van der Waals surface area contributed by atoms with E-state index < -0.39 is 18.0 Å². The number of hydrogen-bond acceptors (Lipinski definition) is 5. The van der Waals surface area contributed by atoms with Gasteiger partial charge in [-0.25, -0.2) is 14.4 Å². The molecule has 1 heterocycles. The average molecular weight is 258 g/mol. The van der Waals surface area contributed by atoms with Gasteiger partial charge in [0.05, 0.1) is 0 Å². The summed E-state index contributed by atoms with van der Waals surface area (Å²) in [6, 6.07) is -1.13. The van der Waals surface area contributed by atoms with E-state index in [9.17, 15) is 14.4 Å². The molecule has 0 atom stereocenters. The Kier molecular flexibility index (Phi) is 5.96. The number of amides is 2. The highest BCUT2D eigenvalue weighted by Gasteiger charge is 2.21. The van der Waals surface area contributed by atoms with Crippen LogP contribution >= 0.6 is 0 Å². The molecule has 102 valence electrons. The number of hydrogen-bond donors (Lipinski definition) is 1. The lowest BCUT2D eigenvalue weighted by atomic mass is 10.1. The van der Waals surface area contributed by atoms with Crippen LogP contribution in [0.5, 0.6) is 0 Å². The van der Waals surface area contributed by atoms with E-state index >= 15 is 0 Å². The monoisotopic (exact) mass is 258 g/mol. The summed E-state index contributed by atoms with van der Waals surface area (Å²) in [4.78, 5) is 42.8. The van der Waals surface area contributed by atoms with E-state index in [1.54, 1.807) is 0 Å². The van der Waals surface area contributed by atoms with Crippen LogP contribution in [0.1, 0.15) is 51.4 Å². The summed E-state index contributed by atoms with van der Waals surface area (Å²) in [6.07, 6.45) is 5.56. The van der Waals surface area contributed by atoms with Crippen LogP contribution in [0, 0.1) is 0 Å². The second-order valence-corrected chi connectivity index (χ2v) is 4.14. The van der Waals surface area contributed by atoms with Crippen molar-refractivity contribution in [3.8, 4) is 0 Å². The molecule has 0 bridgehead atoms. The third kappa shape index (κ3) is 5.51. The zero-order valence-corrected chi connectivity index (χ0v) is 10.2. The summed E-state index contributed by atoms with van der Waals surface area (Å²) < 4.78 is 0. The fraction of sp³-hybridized carbons (Fsp3) is 0.727. The first-order valence-corrected chi connectivity index (χ1v) is 6.11. The van der Waals surface area contributed by atoms with Gasteiger partial charge >= 0.3 is 18.0 Å². The summed E-state index contributed by atoms with van der Waals surface area (Å²) in [6.45, 7) is 0. The van der Waals surface area contributed by atoms with Crippen LogP contribution in [0.2, 0.25) is 0 Å². The van der Waals surface area contributed by atoms with E-state index in [2.05, 4.69) is 9.68 Å². The molecule has 0 radical (unpaired) electrons. The molecular weight excluding hydrogens is 240 g/mol. The van der Waals surface area contributed by atoms with Crippen LogP contribution in [-0.2, 0) is 19.3 Å². The van der Waals surface area contributed by atoms with E-state index in [0.29, 0.717) is 12.8 Å². The molecule has 0 aromatic heterocycles. The minimum absolute atomic E-state index is 0.155. The molecule has 2 N–H and O–H groups in total. The largest absolute Gasteiger partial charge is 0.386 e. The summed E-state index contributed by atoms with van der Waals surface area (Å²) in [5.74, 6) is -1.28. The van der Waals surface area contributed by atoms with Crippen molar-refractivity contribution in [3.05, 3.63) is 0 Å². The molecule has 1 aliphatic rings. The molecule has 7 nitrogen and oxygen atoms in total. The lowest BCUT2D eigenvalue weighted by molar-refractivity contribution is -0.289. The highest BCUT2D eigenvalue weighted by Crippen LogP contribution is 2.11. The first-order valence-electron chi connectivity index (χ1n) is 6.11. The van der Waals surface area contributed by atoms with E-state index in [4.69, 9.17) is 5.73 Å². The fourth-order valence-corrected chi connectivity index (χ4v) is 1.63. The molecule has 1 rings (SSSR count). The summed E-state index contributed by atoms with van der Waals surface area (Å²) >= 11 is 0. The quantitative estimate of drug-likeness (QED) is 0.708. The molecule has 0 spiro atoms. The Labute approximate surface area is 105 Å². The average Bonchev–Trinajstić information content (AvgIpc) is 2.32. The van der Waals surface area contributed by atoms with Crippen molar-refractivity contribution in [2.45, 2.75) is 51.4 Å². The number of nitrogens with zero attached hydrogens (tertiary/aromatic N) is 1. The molecule has 0 aliphatic carbocycles. The molecule has 1 aliphatic heterocycles. The van der Waals surface area contributed by atoms with Crippen molar-refractivity contribution in [3.63, 3.8) is 0 Å². The number of urea groups is 1. The minimum atomic E-state index is -1.13. The Morgan fingerprint density at radius 3 is 1.67 bits per heavy atom. The maximum Gasteiger partial charge on any atom is 0.386 e. The molecule has 18 heavy (non-hydrogen) atoms. The van der Waals surface area contributed by atoms with Crippen LogP contribution in [0.15, 0.2) is 0 Å². The van der Waals surface area contributed by atoms with Gasteiger partial charge in [0, 0.05) is 18.1 Å². The second kappa shape index (κ2) is 7.52. The van der Waals surface area contributed by atoms with Crippen molar-refractivity contribution >= 4 is 18.0 Å². The summed E-state index contributed by atoms with van der Waals surface area (Å²) in [5.41, 5.74) is 4.94. The zero-order valence-electron chi connectivity index (χ0n) is 10.2. The van der Waals surface area contributed by atoms with Gasteiger partial charge in [-0.1, -0.05) is 25.7 Å². The SMILES string of the molecule is NC(=O)N1OC(=O)CCCCCCCCC(=O)O1. The maximum atomic E-state index is 11.3. The predicted octanol–water partition coefficient (Wildman–Crippen LogP) is 1.42. The lowest BCUT2D eigenvalue weighted by Gasteiger charge is -2.16. The molecular formula is C11H18N2O5. The van der Waals surface area contributed by atoms with Gasteiger partial charge in [0.1, 0.15) is 0 Å². The smallest absolute Gasteiger partial charge is 0.346 e. The number of nitrogens with two attached hydrogens (primary N) is 1. The molecule has 2 amide bonds. The Morgan fingerprint density at radius 1 is 0.889 bits per heavy atom. The van der Waals surface area contributed by atoms with Gasteiger partial charge in [-0.3, -0.25) is 0 Å². The van der Waals surface area contributed by atoms with Gasteiger partial charge in [0.15, 0.2) is 0 Å². The number of hydroxylamine groups is 2. The Balaban J connectivity index is 2.58. The minimum Gasteiger partial charge on any atom is -0.346 e. The third-order valence-corrected chi connectivity index (χ3v) is 2.56. The summed E-state index contributed by atoms with van der Waals surface area (Å²) in [7, 11) is 0. The first kappa shape index (κ1) is 14.3. The Hall–Kier alpha value is -1.79. The number of primary amides is 1. The lowest BCUT2D eigenvalue weighted by Crippen LogP contribution is -2.39. The van der Waals surface area contributed by atoms with Crippen LogP contribution < -0.4 is 5.73 Å². The molecule has 1 saturated heterocycles. The Morgan fingerprint density at radius 2 is 1.28 bits per heavy atom. The van der Waals surface area contributed by atoms with Gasteiger partial charge in [-0.2, -0.15) is 0 Å². The molecule has 0 aromatic rings. The van der Waals surface area contributed by atoms with E-state index in [0.717, 1.165) is 25.7 Å². The van der Waals surface area contributed by atoms with Gasteiger partial charge in [-0.15, -0.1) is 0 Å². The highest BCUT2D eigenvalue weighted by molar-refractivity contribution is 5.77. The topological polar surface area (TPSA) is 98.9 Å². The molecule has 0 unspecified atom stereocenters. The van der Waals surface area contributed by atoms with Crippen molar-refractivity contribution in [2.75, 3.05) is 0 Å². The molecule has 0 aromatic carbocycles. The van der Waals surface area contributed by atoms with Crippen LogP contribution in [0.4, 0.5) is 4.79 Å². The van der Waals surface area contributed by atoms with Crippen LogP contribution in [-0.4, -0.2) is 23.2 Å². The van der Waals surface area contributed by atoms with Crippen molar-refractivity contribution in [1.82, 2.24) is 5.23 Å². The summed E-state index contributed by atoms with van der Waals surface area (Å²) in [5, 5.41) is 0.155. The van der Waals surface area contributed by atoms with Crippen molar-refractivity contribution in [2.24, 2.45) is 5.73 Å². The number of carbonyl (C=O) groups excluding carboxylic acids is 3. The van der Waals surface area contributed by atoms with E-state index in [1.807, 2.05) is 0 Å². The maximum absolute atomic E-state index is 11.3. The van der Waals surface area contributed by atoms with Gasteiger partial charge in [0.25, 0.3) is 0 Å². The number of carbonyl (C=O) groups is 3. The van der Waals surface area contributed by atoms with Gasteiger partial charge in [0.2, 0.25) is 0 Å². The normalized spacial score (nSPS) is 19.9. The van der Waals surface area contributed by atoms with Crippen LogP contribution in [0.3, 0.4) is 0 Å². The highest BCUT2D eigenvalue weighted by atomic mass is 17.0. The van der Waals surface area contributed by atoms with Crippen molar-refractivity contribution < 1.29 is 24.1 Å². The van der Waals surface area contributed by atoms with E-state index in [1.165, 1.54) is 0 Å². The van der Waals surface area contributed by atoms with Gasteiger partial charge in [-0.05, 0) is 12.8 Å². The number of rotatable bonds is 0. The van der Waals surface area contributed by atoms with Crippen molar-refractivity contribution in [1.29, 1.82) is 0 Å².